The minimum absolute atomic E-state index is 0.0607. The molecule has 3 aromatic rings. The highest BCUT2D eigenvalue weighted by Crippen LogP contribution is 2.37. The highest BCUT2D eigenvalue weighted by Gasteiger charge is 2.51. The molecule has 7 rings (SSSR count). The van der Waals surface area contributed by atoms with Crippen LogP contribution < -0.4 is 16.0 Å². The number of fused-ring (bicyclic) bond motifs is 1. The Morgan fingerprint density at radius 1 is 0.607 bits per heavy atom. The number of likely N-dealkylation sites (N-methyl/N-ethyl adjacent to an activating group) is 7. The molecule has 4 aliphatic rings. The molecule has 107 heavy (non-hydrogen) atoms. The molecule has 3 aromatic carbocycles. The van der Waals surface area contributed by atoms with Crippen molar-refractivity contribution in [2.45, 2.75) is 224 Å². The maximum atomic E-state index is 15.8. The van der Waals surface area contributed by atoms with Gasteiger partial charge < -0.3 is 60.0 Å². The van der Waals surface area contributed by atoms with Gasteiger partial charge in [0.1, 0.15) is 59.9 Å². The average molecular weight is 1510 g/mol. The van der Waals surface area contributed by atoms with E-state index in [0.29, 0.717) is 62.7 Å². The Balaban J connectivity index is 1.35. The van der Waals surface area contributed by atoms with Gasteiger partial charge in [-0.1, -0.05) is 145 Å². The summed E-state index contributed by atoms with van der Waals surface area (Å²) in [4.78, 5) is 194. The second-order valence-corrected chi connectivity index (χ2v) is 30.9. The number of carbonyl (C=O) groups is 12. The maximum absolute atomic E-state index is 15.8. The lowest BCUT2D eigenvalue weighted by atomic mass is 9.90. The minimum atomic E-state index is -4.79. The van der Waals surface area contributed by atoms with Gasteiger partial charge in [-0.05, 0) is 118 Å². The van der Waals surface area contributed by atoms with Gasteiger partial charge >= 0.3 is 6.18 Å². The van der Waals surface area contributed by atoms with Crippen molar-refractivity contribution in [1.82, 2.24) is 60.0 Å². The molecule has 1 spiro atoms. The maximum Gasteiger partial charge on any atom is 0.417 e. The Kier molecular flexibility index (Phi) is 30.0. The number of nitrogens with zero attached hydrogens (tertiary/aromatic N) is 9. The molecule has 11 atom stereocenters. The van der Waals surface area contributed by atoms with E-state index in [0.717, 1.165) is 33.9 Å². The summed E-state index contributed by atoms with van der Waals surface area (Å²) < 4.78 is 42.0. The highest BCUT2D eigenvalue weighted by atomic mass is 35.5. The van der Waals surface area contributed by atoms with Crippen molar-refractivity contribution in [2.24, 2.45) is 17.8 Å². The van der Waals surface area contributed by atoms with Crippen LogP contribution >= 0.6 is 11.6 Å². The molecule has 0 aromatic heterocycles. The fraction of sp³-hybridized carbons (Fsp3) is 0.620. The molecule has 24 nitrogen and oxygen atoms in total. The SMILES string of the molecule is CC[C@H](C)[C@@H]1NC(=O)[C@H](CC(C)C)N(C)C(=O)C[C@@H](C(=O)N2CCCCC2)N(C)C(=O)[C@H]([C@@H](C)CC)N(C)C(=O)C2(CCCC2)NC(=O)[C@@H](Cc2ccccc2)N(C)C(=O)[C@H](CCc2ccc(C(F)(F)F)c(Cl)c2)NC(=O)CN(C)C(=O)[C@H](Cc2ccc(C)cc2)N(C)C(=O)C2CCN2C(=O)[C@H](C)N(C)C1=O. The molecule has 588 valence electrons. The van der Waals surface area contributed by atoms with Gasteiger partial charge in [0.15, 0.2) is 0 Å². The van der Waals surface area contributed by atoms with Crippen molar-refractivity contribution in [3.8, 4) is 0 Å². The standard InChI is InChI=1S/C79H112ClF3N12O12/c1-16-50(6)66-75(105)88(10)52(8)70(100)95-41-36-59(95)73(103)91(13)62(45-55-30-28-49(5)29-31-55)72(102)87(9)47-64(96)84-58(35-33-54-32-34-56(57(80)43-54)79(81,82)83)71(101)90(12)61(44-53-26-20-18-21-27-53)69(99)86-78(37-22-23-38-78)77(107)93(15)67(51(7)17-2)76(106)92(14)63(74(104)94-39-24-19-25-40-94)46-65(97)89(11)60(42-48(3)4)68(98)85-66/h18,20-21,26-32,34,43,48,50-52,58-63,66-67H,16-17,19,22-25,33,35-42,44-47H2,1-15H3,(H,84,96)(H,85,98)(H,86,99)/t50-,51-,52-,58-,59?,60-,61+,62-,63-,66-,67-/m0/s1. The number of amides is 12. The third-order valence-corrected chi connectivity index (χ3v) is 22.9. The Morgan fingerprint density at radius 2 is 1.20 bits per heavy atom. The number of alkyl halides is 3. The number of hydrogen-bond acceptors (Lipinski definition) is 12. The van der Waals surface area contributed by atoms with Gasteiger partial charge in [0.25, 0.3) is 0 Å². The zero-order valence-electron chi connectivity index (χ0n) is 64.9. The molecular formula is C79H112ClF3N12O12. The van der Waals surface area contributed by atoms with Crippen LogP contribution in [-0.2, 0) is 83.0 Å². The number of piperidine rings is 1. The lowest BCUT2D eigenvalue weighted by molar-refractivity contribution is -0.160. The molecule has 0 radical (unpaired) electrons. The van der Waals surface area contributed by atoms with Crippen LogP contribution in [0.5, 0.6) is 0 Å². The van der Waals surface area contributed by atoms with E-state index in [4.69, 9.17) is 11.6 Å². The monoisotopic (exact) mass is 1510 g/mol. The molecule has 3 aliphatic heterocycles. The van der Waals surface area contributed by atoms with Crippen molar-refractivity contribution >= 4 is 82.5 Å². The molecule has 1 unspecified atom stereocenters. The smallest absolute Gasteiger partial charge is 0.343 e. The van der Waals surface area contributed by atoms with Crippen LogP contribution in [0.15, 0.2) is 72.8 Å². The summed E-state index contributed by atoms with van der Waals surface area (Å²) in [7, 11) is 9.82. The van der Waals surface area contributed by atoms with Gasteiger partial charge in [-0.2, -0.15) is 13.2 Å². The predicted molar refractivity (Wildman–Crippen MR) is 399 cm³/mol. The van der Waals surface area contributed by atoms with Crippen LogP contribution in [0.25, 0.3) is 0 Å². The number of benzene rings is 3. The number of rotatable bonds is 14. The third kappa shape index (κ3) is 20.8. The first kappa shape index (κ1) is 85.6. The van der Waals surface area contributed by atoms with E-state index in [1.54, 1.807) is 61.2 Å². The average Bonchev–Trinajstić information content (AvgIpc) is 1.77. The van der Waals surface area contributed by atoms with Gasteiger partial charge in [0, 0.05) is 81.8 Å². The summed E-state index contributed by atoms with van der Waals surface area (Å²) >= 11 is 6.21. The molecule has 3 heterocycles. The van der Waals surface area contributed by atoms with Crippen LogP contribution in [0, 0.1) is 24.7 Å². The summed E-state index contributed by atoms with van der Waals surface area (Å²) in [6.45, 7) is 14.4. The van der Waals surface area contributed by atoms with Crippen molar-refractivity contribution < 1.29 is 70.7 Å². The molecule has 4 fully saturated rings. The Hall–Kier alpha value is -8.62. The number of nitrogens with one attached hydrogen (secondary N) is 3. The number of carbonyl (C=O) groups excluding carboxylic acids is 12. The Bertz CT molecular complexity index is 3690. The van der Waals surface area contributed by atoms with Crippen molar-refractivity contribution in [3.63, 3.8) is 0 Å². The molecule has 3 saturated heterocycles. The quantitative estimate of drug-likeness (QED) is 0.146. The van der Waals surface area contributed by atoms with Crippen LogP contribution in [0.1, 0.15) is 160 Å². The van der Waals surface area contributed by atoms with E-state index in [1.165, 1.54) is 91.7 Å². The van der Waals surface area contributed by atoms with Gasteiger partial charge in [-0.15, -0.1) is 0 Å². The van der Waals surface area contributed by atoms with Crippen LogP contribution in [0.3, 0.4) is 0 Å². The Labute approximate surface area is 633 Å². The van der Waals surface area contributed by atoms with Crippen molar-refractivity contribution in [2.75, 3.05) is 75.5 Å². The van der Waals surface area contributed by atoms with E-state index in [9.17, 15) is 32.3 Å². The lowest BCUT2D eigenvalue weighted by Crippen LogP contribution is -2.65. The first-order chi connectivity index (χ1) is 50.4. The van der Waals surface area contributed by atoms with E-state index in [1.807, 2.05) is 46.8 Å². The summed E-state index contributed by atoms with van der Waals surface area (Å²) in [5.74, 6) is -9.58. The highest BCUT2D eigenvalue weighted by molar-refractivity contribution is 6.31. The van der Waals surface area contributed by atoms with Crippen LogP contribution in [0.4, 0.5) is 13.2 Å². The minimum Gasteiger partial charge on any atom is -0.343 e. The topological polar surface area (TPSA) is 270 Å². The molecule has 3 N–H and O–H groups in total. The summed E-state index contributed by atoms with van der Waals surface area (Å²) in [6, 6.07) is 7.28. The van der Waals surface area contributed by atoms with E-state index in [-0.39, 0.29) is 69.4 Å². The predicted octanol–water partition coefficient (Wildman–Crippen LogP) is 7.08. The van der Waals surface area contributed by atoms with E-state index < -0.39 is 172 Å². The van der Waals surface area contributed by atoms with Gasteiger partial charge in [0.2, 0.25) is 70.9 Å². The molecule has 28 heteroatoms. The fourth-order valence-electron chi connectivity index (χ4n) is 14.9. The first-order valence-corrected chi connectivity index (χ1v) is 38.1. The molecular weight excluding hydrogens is 1400 g/mol. The van der Waals surface area contributed by atoms with Gasteiger partial charge in [-0.3, -0.25) is 57.5 Å². The van der Waals surface area contributed by atoms with Crippen molar-refractivity contribution in [1.29, 1.82) is 0 Å². The fourth-order valence-corrected chi connectivity index (χ4v) is 15.3. The molecule has 1 saturated carbocycles. The molecule has 1 aliphatic carbocycles. The second-order valence-electron chi connectivity index (χ2n) is 30.5. The van der Waals surface area contributed by atoms with E-state index in [2.05, 4.69) is 16.0 Å². The number of aryl methyl sites for hydroxylation is 2. The normalized spacial score (nSPS) is 25.4. The summed E-state index contributed by atoms with van der Waals surface area (Å²) in [6.07, 6.45) is -1.67. The largest absolute Gasteiger partial charge is 0.417 e. The van der Waals surface area contributed by atoms with E-state index >= 15 is 38.4 Å². The lowest BCUT2D eigenvalue weighted by Gasteiger charge is -2.45. The number of likely N-dealkylation sites (tertiary alicyclic amines) is 1. The van der Waals surface area contributed by atoms with Crippen molar-refractivity contribution in [3.05, 3.63) is 106 Å². The zero-order chi connectivity index (χ0) is 79.3. The first-order valence-electron chi connectivity index (χ1n) is 37.7. The van der Waals surface area contributed by atoms with Gasteiger partial charge in [0.05, 0.1) is 23.6 Å². The number of halogens is 4. The summed E-state index contributed by atoms with van der Waals surface area (Å²) in [5.41, 5.74) is -0.380. The van der Waals surface area contributed by atoms with Crippen LogP contribution in [0.2, 0.25) is 5.02 Å². The molecule has 12 amide bonds. The second kappa shape index (κ2) is 37.5. The zero-order valence-corrected chi connectivity index (χ0v) is 65.7. The van der Waals surface area contributed by atoms with Crippen LogP contribution in [-0.4, -0.2) is 250 Å². The molecule has 0 bridgehead atoms. The Morgan fingerprint density at radius 3 is 1.77 bits per heavy atom. The number of hydrogen-bond donors (Lipinski definition) is 3. The third-order valence-electron chi connectivity index (χ3n) is 22.5. The van der Waals surface area contributed by atoms with Gasteiger partial charge in [-0.25, -0.2) is 0 Å². The summed E-state index contributed by atoms with van der Waals surface area (Å²) in [5, 5.41) is 8.15.